The molecule has 5 nitrogen and oxygen atoms in total. The van der Waals surface area contributed by atoms with Crippen molar-refractivity contribution in [2.45, 2.75) is 39.0 Å². The van der Waals surface area contributed by atoms with Crippen LogP contribution in [0.2, 0.25) is 5.02 Å². The van der Waals surface area contributed by atoms with E-state index in [9.17, 15) is 0 Å². The Balaban J connectivity index is 2.92. The molecule has 1 aromatic rings. The number of nitrogens with one attached hydrogen (secondary N) is 1. The van der Waals surface area contributed by atoms with Crippen LogP contribution in [0.1, 0.15) is 25.2 Å². The topological polar surface area (TPSA) is 48.3 Å². The van der Waals surface area contributed by atoms with Crippen LogP contribution in [0.4, 0.5) is 0 Å². The van der Waals surface area contributed by atoms with Crippen LogP contribution in [0, 0.1) is 0 Å². The zero-order valence-electron chi connectivity index (χ0n) is 12.4. The number of hydrogen-bond donors (Lipinski definition) is 1. The molecule has 6 heteroatoms. The lowest BCUT2D eigenvalue weighted by Crippen LogP contribution is -2.44. The summed E-state index contributed by atoms with van der Waals surface area (Å²) in [5.41, 5.74) is 1.93. The highest BCUT2D eigenvalue weighted by molar-refractivity contribution is 6.31. The molecule has 1 N–H and O–H groups in total. The first-order valence-electron chi connectivity index (χ1n) is 6.58. The van der Waals surface area contributed by atoms with Crippen LogP contribution >= 0.6 is 11.6 Å². The Morgan fingerprint density at radius 1 is 1.32 bits per heavy atom. The molecule has 0 aliphatic rings. The van der Waals surface area contributed by atoms with Crippen molar-refractivity contribution < 1.29 is 9.47 Å². The van der Waals surface area contributed by atoms with Gasteiger partial charge in [0.1, 0.15) is 0 Å². The monoisotopic (exact) mass is 289 g/mol. The second-order valence-electron chi connectivity index (χ2n) is 4.39. The summed E-state index contributed by atoms with van der Waals surface area (Å²) in [5.74, 6) is 0. The van der Waals surface area contributed by atoms with E-state index in [2.05, 4.69) is 17.3 Å². The number of aromatic nitrogens is 2. The fourth-order valence-electron chi connectivity index (χ4n) is 2.20. The van der Waals surface area contributed by atoms with Crippen LogP contribution in [-0.4, -0.2) is 42.9 Å². The number of methoxy groups -OCH3 is 2. The van der Waals surface area contributed by atoms with Gasteiger partial charge in [0.05, 0.1) is 22.5 Å². The van der Waals surface area contributed by atoms with Gasteiger partial charge in [0.2, 0.25) is 0 Å². The predicted molar refractivity (Wildman–Crippen MR) is 76.6 cm³/mol. The highest BCUT2D eigenvalue weighted by Gasteiger charge is 2.24. The number of aryl methyl sites for hydroxylation is 2. The van der Waals surface area contributed by atoms with E-state index >= 15 is 0 Å². The average molecular weight is 290 g/mol. The van der Waals surface area contributed by atoms with Gasteiger partial charge in [0.15, 0.2) is 6.29 Å². The van der Waals surface area contributed by atoms with E-state index in [4.69, 9.17) is 21.1 Å². The van der Waals surface area contributed by atoms with Gasteiger partial charge in [-0.3, -0.25) is 4.68 Å². The Bertz CT molecular complexity index is 391. The number of rotatable bonds is 8. The highest BCUT2D eigenvalue weighted by atomic mass is 35.5. The highest BCUT2D eigenvalue weighted by Crippen LogP contribution is 2.23. The molecule has 1 atom stereocenters. The molecular weight excluding hydrogens is 266 g/mol. The first-order valence-corrected chi connectivity index (χ1v) is 6.95. The van der Waals surface area contributed by atoms with Gasteiger partial charge in [-0.1, -0.05) is 25.4 Å². The Hall–Kier alpha value is -0.620. The molecule has 110 valence electrons. The Morgan fingerprint density at radius 3 is 2.37 bits per heavy atom. The molecule has 0 saturated carbocycles. The maximum atomic E-state index is 6.37. The third kappa shape index (κ3) is 3.92. The van der Waals surface area contributed by atoms with Crippen molar-refractivity contribution in [1.29, 1.82) is 0 Å². The molecular formula is C13H24ClN3O2. The molecule has 0 amide bonds. The van der Waals surface area contributed by atoms with Gasteiger partial charge < -0.3 is 14.8 Å². The van der Waals surface area contributed by atoms with E-state index in [1.165, 1.54) is 0 Å². The van der Waals surface area contributed by atoms with Crippen molar-refractivity contribution in [1.82, 2.24) is 15.1 Å². The maximum Gasteiger partial charge on any atom is 0.172 e. The molecule has 1 rings (SSSR count). The number of hydrogen-bond acceptors (Lipinski definition) is 4. The lowest BCUT2D eigenvalue weighted by Gasteiger charge is -2.25. The smallest absolute Gasteiger partial charge is 0.172 e. The third-order valence-electron chi connectivity index (χ3n) is 3.18. The molecule has 0 spiro atoms. The summed E-state index contributed by atoms with van der Waals surface area (Å²) < 4.78 is 12.5. The Kier molecular flexibility index (Phi) is 6.79. The van der Waals surface area contributed by atoms with E-state index in [0.29, 0.717) is 6.42 Å². The molecule has 1 aromatic heterocycles. The summed E-state index contributed by atoms with van der Waals surface area (Å²) in [4.78, 5) is 0. The normalized spacial score (nSPS) is 13.2. The van der Waals surface area contributed by atoms with Gasteiger partial charge in [0.25, 0.3) is 0 Å². The number of nitrogens with zero attached hydrogens (tertiary/aromatic N) is 2. The fraction of sp³-hybridized carbons (Fsp3) is 0.769. The van der Waals surface area contributed by atoms with Gasteiger partial charge in [-0.2, -0.15) is 5.10 Å². The van der Waals surface area contributed by atoms with Crippen molar-refractivity contribution >= 4 is 11.6 Å². The molecule has 0 aliphatic carbocycles. The summed E-state index contributed by atoms with van der Waals surface area (Å²) in [7, 11) is 5.19. The van der Waals surface area contributed by atoms with E-state index in [1.807, 2.05) is 18.7 Å². The molecule has 0 aliphatic heterocycles. The van der Waals surface area contributed by atoms with E-state index < -0.39 is 0 Å². The van der Waals surface area contributed by atoms with Crippen molar-refractivity contribution in [2.75, 3.05) is 20.8 Å². The number of likely N-dealkylation sites (N-methyl/N-ethyl adjacent to an activating group) is 1. The molecule has 1 unspecified atom stereocenters. The summed E-state index contributed by atoms with van der Waals surface area (Å²) in [6.07, 6.45) is 1.23. The first kappa shape index (κ1) is 16.4. The summed E-state index contributed by atoms with van der Waals surface area (Å²) in [6, 6.07) is 0.0395. The predicted octanol–water partition coefficient (Wildman–Crippen LogP) is 1.78. The van der Waals surface area contributed by atoms with Crippen LogP contribution in [0.25, 0.3) is 0 Å². The first-order chi connectivity index (χ1) is 9.08. The molecule has 0 bridgehead atoms. The van der Waals surface area contributed by atoms with Crippen LogP contribution in [0.3, 0.4) is 0 Å². The fourth-order valence-corrected chi connectivity index (χ4v) is 2.57. The Labute approximate surface area is 120 Å². The molecule has 1 heterocycles. The summed E-state index contributed by atoms with van der Waals surface area (Å²) >= 11 is 6.37. The quantitative estimate of drug-likeness (QED) is 0.741. The van der Waals surface area contributed by atoms with Gasteiger partial charge in [-0.25, -0.2) is 0 Å². The molecule has 0 fully saturated rings. The second-order valence-corrected chi connectivity index (χ2v) is 4.77. The van der Waals surface area contributed by atoms with E-state index in [1.54, 1.807) is 14.2 Å². The summed E-state index contributed by atoms with van der Waals surface area (Å²) in [6.45, 7) is 4.94. The molecule has 0 aromatic carbocycles. The zero-order chi connectivity index (χ0) is 14.4. The van der Waals surface area contributed by atoms with Gasteiger partial charge in [0, 0.05) is 27.7 Å². The molecule has 19 heavy (non-hydrogen) atoms. The van der Waals surface area contributed by atoms with Gasteiger partial charge in [-0.15, -0.1) is 0 Å². The maximum absolute atomic E-state index is 6.37. The second kappa shape index (κ2) is 7.85. The standard InChI is InChI=1S/C13H24ClN3O2/c1-6-9-12(14)11(17(3)16-9)8-10(15-7-2)13(18-4)19-5/h10,13,15H,6-8H2,1-5H3. The average Bonchev–Trinajstić information content (AvgIpc) is 2.67. The van der Waals surface area contributed by atoms with Crippen LogP contribution < -0.4 is 5.32 Å². The van der Waals surface area contributed by atoms with Crippen LogP contribution in [0.5, 0.6) is 0 Å². The SMILES string of the molecule is CCNC(Cc1c(Cl)c(CC)nn1C)C(OC)OC. The van der Waals surface area contributed by atoms with Crippen molar-refractivity contribution in [2.24, 2.45) is 7.05 Å². The minimum absolute atomic E-state index is 0.0395. The van der Waals surface area contributed by atoms with Gasteiger partial charge >= 0.3 is 0 Å². The minimum Gasteiger partial charge on any atom is -0.354 e. The number of halogens is 1. The minimum atomic E-state index is -0.309. The van der Waals surface area contributed by atoms with Gasteiger partial charge in [-0.05, 0) is 13.0 Å². The van der Waals surface area contributed by atoms with Crippen LogP contribution in [-0.2, 0) is 29.4 Å². The Morgan fingerprint density at radius 2 is 1.95 bits per heavy atom. The summed E-state index contributed by atoms with van der Waals surface area (Å²) in [5, 5.41) is 8.54. The van der Waals surface area contributed by atoms with Crippen molar-refractivity contribution in [3.05, 3.63) is 16.4 Å². The van der Waals surface area contributed by atoms with Crippen LogP contribution in [0.15, 0.2) is 0 Å². The number of ether oxygens (including phenoxy) is 2. The third-order valence-corrected chi connectivity index (χ3v) is 3.61. The van der Waals surface area contributed by atoms with Crippen molar-refractivity contribution in [3.63, 3.8) is 0 Å². The lowest BCUT2D eigenvalue weighted by molar-refractivity contribution is -0.122. The molecule has 0 radical (unpaired) electrons. The molecule has 0 saturated heterocycles. The zero-order valence-corrected chi connectivity index (χ0v) is 13.1. The largest absolute Gasteiger partial charge is 0.354 e. The lowest BCUT2D eigenvalue weighted by atomic mass is 10.1. The van der Waals surface area contributed by atoms with E-state index in [-0.39, 0.29) is 12.3 Å². The van der Waals surface area contributed by atoms with Crippen molar-refractivity contribution in [3.8, 4) is 0 Å². The van der Waals surface area contributed by atoms with E-state index in [0.717, 1.165) is 29.4 Å².